The van der Waals surface area contributed by atoms with Crippen LogP contribution < -0.4 is 15.4 Å². The van der Waals surface area contributed by atoms with Crippen LogP contribution in [0.15, 0.2) is 66.7 Å². The SMILES string of the molecule is COc1ccc(C(=O)NC(C(=O)Nc2cccc3ccccc23)C(C)C)cc1. The summed E-state index contributed by atoms with van der Waals surface area (Å²) >= 11 is 0. The Hall–Kier alpha value is -3.34. The fraction of sp³-hybridized carbons (Fsp3) is 0.217. The number of rotatable bonds is 6. The van der Waals surface area contributed by atoms with Crippen LogP contribution in [0, 0.1) is 5.92 Å². The van der Waals surface area contributed by atoms with Crippen LogP contribution in [-0.4, -0.2) is 25.0 Å². The molecule has 3 aromatic rings. The topological polar surface area (TPSA) is 67.4 Å². The summed E-state index contributed by atoms with van der Waals surface area (Å²) in [5.74, 6) is 0.0606. The van der Waals surface area contributed by atoms with Gasteiger partial charge in [0.05, 0.1) is 7.11 Å². The summed E-state index contributed by atoms with van der Waals surface area (Å²) < 4.78 is 5.11. The molecule has 1 atom stereocenters. The van der Waals surface area contributed by atoms with Gasteiger partial charge in [-0.15, -0.1) is 0 Å². The zero-order valence-electron chi connectivity index (χ0n) is 16.2. The number of benzene rings is 3. The zero-order valence-corrected chi connectivity index (χ0v) is 16.2. The molecule has 0 bridgehead atoms. The molecule has 0 saturated heterocycles. The van der Waals surface area contributed by atoms with Gasteiger partial charge in [-0.25, -0.2) is 0 Å². The van der Waals surface area contributed by atoms with Crippen molar-refractivity contribution in [2.45, 2.75) is 19.9 Å². The van der Waals surface area contributed by atoms with E-state index in [1.165, 1.54) is 0 Å². The van der Waals surface area contributed by atoms with Gasteiger partial charge in [0.1, 0.15) is 11.8 Å². The van der Waals surface area contributed by atoms with E-state index in [-0.39, 0.29) is 17.7 Å². The van der Waals surface area contributed by atoms with E-state index in [2.05, 4.69) is 10.6 Å². The predicted molar refractivity (Wildman–Crippen MR) is 112 cm³/mol. The van der Waals surface area contributed by atoms with Gasteiger partial charge in [-0.05, 0) is 41.6 Å². The average molecular weight is 376 g/mol. The third kappa shape index (κ3) is 4.31. The number of nitrogens with one attached hydrogen (secondary N) is 2. The molecule has 0 saturated carbocycles. The normalized spacial score (nSPS) is 11.9. The molecule has 2 N–H and O–H groups in total. The second kappa shape index (κ2) is 8.57. The van der Waals surface area contributed by atoms with Gasteiger partial charge >= 0.3 is 0 Å². The number of hydrogen-bond acceptors (Lipinski definition) is 3. The Bertz CT molecular complexity index is 975. The van der Waals surface area contributed by atoms with Crippen LogP contribution in [0.4, 0.5) is 5.69 Å². The smallest absolute Gasteiger partial charge is 0.251 e. The standard InChI is InChI=1S/C23H24N2O3/c1-15(2)21(25-22(26)17-11-13-18(28-3)14-12-17)23(27)24-20-10-6-8-16-7-4-5-9-19(16)20/h4-15,21H,1-3H3,(H,24,27)(H,25,26). The molecule has 5 nitrogen and oxygen atoms in total. The van der Waals surface area contributed by atoms with Gasteiger partial charge < -0.3 is 15.4 Å². The summed E-state index contributed by atoms with van der Waals surface area (Å²) in [6.45, 7) is 3.81. The summed E-state index contributed by atoms with van der Waals surface area (Å²) in [6, 6.07) is 19.7. The molecule has 3 rings (SSSR count). The van der Waals surface area contributed by atoms with Crippen molar-refractivity contribution in [3.05, 3.63) is 72.3 Å². The van der Waals surface area contributed by atoms with Gasteiger partial charge in [0.25, 0.3) is 5.91 Å². The van der Waals surface area contributed by atoms with Crippen molar-refractivity contribution < 1.29 is 14.3 Å². The van der Waals surface area contributed by atoms with Crippen LogP contribution in [0.5, 0.6) is 5.75 Å². The van der Waals surface area contributed by atoms with Crippen molar-refractivity contribution in [3.63, 3.8) is 0 Å². The first-order valence-electron chi connectivity index (χ1n) is 9.23. The van der Waals surface area contributed by atoms with Gasteiger partial charge in [-0.3, -0.25) is 9.59 Å². The summed E-state index contributed by atoms with van der Waals surface area (Å²) in [5, 5.41) is 7.82. The van der Waals surface area contributed by atoms with E-state index < -0.39 is 6.04 Å². The van der Waals surface area contributed by atoms with Crippen LogP contribution in [0.1, 0.15) is 24.2 Å². The van der Waals surface area contributed by atoms with E-state index in [9.17, 15) is 9.59 Å². The first-order chi connectivity index (χ1) is 13.5. The maximum atomic E-state index is 12.9. The summed E-state index contributed by atoms with van der Waals surface area (Å²) in [5.41, 5.74) is 1.21. The lowest BCUT2D eigenvalue weighted by molar-refractivity contribution is -0.118. The highest BCUT2D eigenvalue weighted by molar-refractivity contribution is 6.06. The van der Waals surface area contributed by atoms with E-state index in [1.807, 2.05) is 56.3 Å². The Morgan fingerprint density at radius 3 is 2.25 bits per heavy atom. The molecule has 0 radical (unpaired) electrons. The van der Waals surface area contributed by atoms with Crippen molar-refractivity contribution in [1.29, 1.82) is 0 Å². The molecule has 144 valence electrons. The maximum absolute atomic E-state index is 12.9. The highest BCUT2D eigenvalue weighted by Gasteiger charge is 2.25. The minimum Gasteiger partial charge on any atom is -0.497 e. The summed E-state index contributed by atoms with van der Waals surface area (Å²) in [7, 11) is 1.57. The molecule has 0 aliphatic carbocycles. The molecule has 0 aliphatic rings. The molecule has 3 aromatic carbocycles. The van der Waals surface area contributed by atoms with Crippen molar-refractivity contribution in [3.8, 4) is 5.75 Å². The molecule has 0 spiro atoms. The first kappa shape index (κ1) is 19.4. The second-order valence-electron chi connectivity index (χ2n) is 6.94. The number of amides is 2. The van der Waals surface area contributed by atoms with Gasteiger partial charge in [-0.1, -0.05) is 50.2 Å². The van der Waals surface area contributed by atoms with Crippen molar-refractivity contribution in [2.75, 3.05) is 12.4 Å². The van der Waals surface area contributed by atoms with Crippen LogP contribution in [0.3, 0.4) is 0 Å². The average Bonchev–Trinajstić information content (AvgIpc) is 2.71. The van der Waals surface area contributed by atoms with Crippen LogP contribution in [-0.2, 0) is 4.79 Å². The van der Waals surface area contributed by atoms with Crippen LogP contribution in [0.25, 0.3) is 10.8 Å². The van der Waals surface area contributed by atoms with Crippen molar-refractivity contribution >= 4 is 28.3 Å². The second-order valence-corrected chi connectivity index (χ2v) is 6.94. The molecular formula is C23H24N2O3. The Labute approximate surface area is 164 Å². The highest BCUT2D eigenvalue weighted by Crippen LogP contribution is 2.23. The minimum atomic E-state index is -0.659. The molecule has 2 amide bonds. The molecule has 0 aliphatic heterocycles. The number of methoxy groups -OCH3 is 1. The zero-order chi connectivity index (χ0) is 20.1. The fourth-order valence-electron chi connectivity index (χ4n) is 3.05. The van der Waals surface area contributed by atoms with Crippen molar-refractivity contribution in [2.24, 2.45) is 5.92 Å². The first-order valence-corrected chi connectivity index (χ1v) is 9.23. The van der Waals surface area contributed by atoms with Crippen molar-refractivity contribution in [1.82, 2.24) is 5.32 Å². The molecule has 0 aromatic heterocycles. The number of carbonyl (C=O) groups excluding carboxylic acids is 2. The van der Waals surface area contributed by atoms with Gasteiger partial charge in [0.15, 0.2) is 0 Å². The van der Waals surface area contributed by atoms with E-state index in [0.29, 0.717) is 11.3 Å². The molecule has 28 heavy (non-hydrogen) atoms. The Morgan fingerprint density at radius 1 is 0.893 bits per heavy atom. The number of carbonyl (C=O) groups is 2. The minimum absolute atomic E-state index is 0.0721. The van der Waals surface area contributed by atoms with E-state index in [1.54, 1.807) is 31.4 Å². The monoisotopic (exact) mass is 376 g/mol. The lowest BCUT2D eigenvalue weighted by Gasteiger charge is -2.22. The van der Waals surface area contributed by atoms with E-state index in [4.69, 9.17) is 4.74 Å². The lowest BCUT2D eigenvalue weighted by Crippen LogP contribution is -2.47. The third-order valence-electron chi connectivity index (χ3n) is 4.64. The Balaban J connectivity index is 1.77. The van der Waals surface area contributed by atoms with Gasteiger partial charge in [0.2, 0.25) is 5.91 Å². The molecule has 1 unspecified atom stereocenters. The predicted octanol–water partition coefficient (Wildman–Crippen LogP) is 4.24. The number of ether oxygens (including phenoxy) is 1. The highest BCUT2D eigenvalue weighted by atomic mass is 16.5. The number of anilines is 1. The largest absolute Gasteiger partial charge is 0.497 e. The summed E-state index contributed by atoms with van der Waals surface area (Å²) in [6.07, 6.45) is 0. The Kier molecular flexibility index (Phi) is 5.94. The third-order valence-corrected chi connectivity index (χ3v) is 4.64. The van der Waals surface area contributed by atoms with E-state index >= 15 is 0 Å². The maximum Gasteiger partial charge on any atom is 0.251 e. The quantitative estimate of drug-likeness (QED) is 0.676. The fourth-order valence-corrected chi connectivity index (χ4v) is 3.05. The Morgan fingerprint density at radius 2 is 1.57 bits per heavy atom. The molecular weight excluding hydrogens is 352 g/mol. The molecule has 0 heterocycles. The molecule has 0 fully saturated rings. The van der Waals surface area contributed by atoms with Crippen LogP contribution in [0.2, 0.25) is 0 Å². The number of fused-ring (bicyclic) bond motifs is 1. The summed E-state index contributed by atoms with van der Waals surface area (Å²) in [4.78, 5) is 25.5. The van der Waals surface area contributed by atoms with E-state index in [0.717, 1.165) is 16.5 Å². The van der Waals surface area contributed by atoms with Gasteiger partial charge in [0, 0.05) is 16.6 Å². The van der Waals surface area contributed by atoms with Gasteiger partial charge in [-0.2, -0.15) is 0 Å². The van der Waals surface area contributed by atoms with Crippen LogP contribution >= 0.6 is 0 Å². The number of hydrogen-bond donors (Lipinski definition) is 2. The lowest BCUT2D eigenvalue weighted by atomic mass is 10.0. The molecule has 5 heteroatoms.